The average molecular weight is 633 g/mol. The Labute approximate surface area is 245 Å². The third-order valence-corrected chi connectivity index (χ3v) is 15.6. The maximum absolute atomic E-state index is 2.83. The van der Waals surface area contributed by atoms with E-state index in [1.165, 1.54) is 153 Å². The van der Waals surface area contributed by atoms with E-state index in [0.29, 0.717) is 0 Å². The van der Waals surface area contributed by atoms with E-state index in [2.05, 4.69) is 57.8 Å². The first-order valence-corrected chi connectivity index (χ1v) is 19.4. The third kappa shape index (κ3) is 15.7. The Morgan fingerprint density at radius 3 is 1.00 bits per heavy atom. The number of halogens is 1. The SMILES string of the molecule is CCCCCCCCCP(C)(CCCCCCCCC)(CCCCCCCCC)c1ccccc1.I. The van der Waals surface area contributed by atoms with Gasteiger partial charge in [0.1, 0.15) is 0 Å². The van der Waals surface area contributed by atoms with Crippen LogP contribution in [0, 0.1) is 0 Å². The first kappa shape index (κ1) is 36.4. The molecule has 0 saturated carbocycles. The molecule has 0 spiro atoms. The molecule has 0 aliphatic rings. The summed E-state index contributed by atoms with van der Waals surface area (Å²) in [6.45, 7) is 7.91. The van der Waals surface area contributed by atoms with E-state index in [1.54, 1.807) is 5.30 Å². The van der Waals surface area contributed by atoms with Crippen molar-refractivity contribution >= 4 is 35.9 Å². The minimum atomic E-state index is -1.90. The van der Waals surface area contributed by atoms with E-state index in [0.717, 1.165) is 0 Å². The van der Waals surface area contributed by atoms with Gasteiger partial charge in [-0.1, -0.05) is 0 Å². The fraction of sp³-hybridized carbons (Fsp3) is 0.824. The molecule has 0 aliphatic carbocycles. The summed E-state index contributed by atoms with van der Waals surface area (Å²) in [4.78, 5) is 0. The van der Waals surface area contributed by atoms with Crippen LogP contribution in [0.5, 0.6) is 0 Å². The standard InChI is InChI=1S/C34H65P.HI/c1-5-8-11-14-17-20-26-31-35(4,34-29-24-23-25-30-34,32-27-21-18-15-12-9-6-2)33-28-22-19-16-13-10-7-3;/h23-25,29-30H,5-22,26-28,31-33H2,1-4H3;1H. The number of unbranched alkanes of at least 4 members (excludes halogenated alkanes) is 18. The monoisotopic (exact) mass is 632 g/mol. The first-order chi connectivity index (χ1) is 17.1. The van der Waals surface area contributed by atoms with E-state index >= 15 is 0 Å². The van der Waals surface area contributed by atoms with Gasteiger partial charge in [-0.25, -0.2) is 0 Å². The van der Waals surface area contributed by atoms with E-state index < -0.39 is 6.60 Å². The van der Waals surface area contributed by atoms with Gasteiger partial charge in [0.15, 0.2) is 0 Å². The van der Waals surface area contributed by atoms with Crippen LogP contribution in [0.4, 0.5) is 0 Å². The second kappa shape index (κ2) is 23.3. The molecular formula is C34H66IP. The second-order valence-electron chi connectivity index (χ2n) is 12.2. The van der Waals surface area contributed by atoms with Crippen LogP contribution in [0.25, 0.3) is 0 Å². The predicted molar refractivity (Wildman–Crippen MR) is 183 cm³/mol. The van der Waals surface area contributed by atoms with E-state index in [4.69, 9.17) is 0 Å². The molecule has 0 fully saturated rings. The van der Waals surface area contributed by atoms with Crippen molar-refractivity contribution in [1.82, 2.24) is 0 Å². The summed E-state index contributed by atoms with van der Waals surface area (Å²) in [6, 6.07) is 12.0. The summed E-state index contributed by atoms with van der Waals surface area (Å²) >= 11 is 0. The van der Waals surface area contributed by atoms with Crippen molar-refractivity contribution in [3.8, 4) is 0 Å². The van der Waals surface area contributed by atoms with Crippen molar-refractivity contribution < 1.29 is 0 Å². The molecule has 214 valence electrons. The van der Waals surface area contributed by atoms with Crippen molar-refractivity contribution in [1.29, 1.82) is 0 Å². The third-order valence-electron chi connectivity index (χ3n) is 8.80. The zero-order valence-electron chi connectivity index (χ0n) is 25.2. The van der Waals surface area contributed by atoms with Crippen molar-refractivity contribution in [3.63, 3.8) is 0 Å². The van der Waals surface area contributed by atoms with Crippen molar-refractivity contribution in [2.45, 2.75) is 156 Å². The zero-order valence-corrected chi connectivity index (χ0v) is 28.4. The van der Waals surface area contributed by atoms with Crippen LogP contribution in [0.15, 0.2) is 30.3 Å². The van der Waals surface area contributed by atoms with Crippen molar-refractivity contribution in [2.75, 3.05) is 25.2 Å². The minimum Gasteiger partial charge on any atom is -0.107 e. The molecule has 0 aliphatic heterocycles. The van der Waals surface area contributed by atoms with E-state index in [9.17, 15) is 0 Å². The molecule has 0 bridgehead atoms. The molecule has 1 rings (SSSR count). The normalized spacial score (nSPS) is 12.7. The van der Waals surface area contributed by atoms with Crippen molar-refractivity contribution in [2.24, 2.45) is 0 Å². The Bertz CT molecular complexity index is 536. The van der Waals surface area contributed by atoms with Gasteiger partial charge in [-0.2, -0.15) is 0 Å². The first-order valence-electron chi connectivity index (χ1n) is 16.2. The Balaban J connectivity index is 0.0000122. The summed E-state index contributed by atoms with van der Waals surface area (Å²) in [6.07, 6.45) is 34.7. The van der Waals surface area contributed by atoms with Gasteiger partial charge < -0.3 is 0 Å². The van der Waals surface area contributed by atoms with Crippen LogP contribution >= 0.6 is 30.6 Å². The van der Waals surface area contributed by atoms with Crippen LogP contribution in [0.1, 0.15) is 156 Å². The number of rotatable bonds is 25. The maximum atomic E-state index is 2.83. The topological polar surface area (TPSA) is 0 Å². The molecule has 0 atom stereocenters. The molecule has 1 aromatic rings. The minimum absolute atomic E-state index is 0. The van der Waals surface area contributed by atoms with E-state index in [-0.39, 0.29) is 24.0 Å². The smallest absolute Gasteiger partial charge is 0.107 e. The molecule has 0 heterocycles. The summed E-state index contributed by atoms with van der Waals surface area (Å²) in [5.41, 5.74) is 0. The molecule has 0 saturated heterocycles. The summed E-state index contributed by atoms with van der Waals surface area (Å²) in [5, 5.41) is 1.77. The van der Waals surface area contributed by atoms with Gasteiger partial charge in [0, 0.05) is 0 Å². The van der Waals surface area contributed by atoms with Gasteiger partial charge in [-0.05, 0) is 0 Å². The molecule has 36 heavy (non-hydrogen) atoms. The average Bonchev–Trinajstić information content (AvgIpc) is 2.88. The Morgan fingerprint density at radius 2 is 0.694 bits per heavy atom. The van der Waals surface area contributed by atoms with Crippen LogP contribution in [0.2, 0.25) is 0 Å². The fourth-order valence-corrected chi connectivity index (χ4v) is 12.2. The van der Waals surface area contributed by atoms with Gasteiger partial charge in [0.2, 0.25) is 0 Å². The Kier molecular flexibility index (Phi) is 23.5. The van der Waals surface area contributed by atoms with Crippen molar-refractivity contribution in [3.05, 3.63) is 30.3 Å². The molecule has 0 nitrogen and oxygen atoms in total. The molecule has 2 heteroatoms. The summed E-state index contributed by atoms with van der Waals surface area (Å²) in [7, 11) is 0. The fourth-order valence-electron chi connectivity index (χ4n) is 6.21. The quantitative estimate of drug-likeness (QED) is 0.0572. The van der Waals surface area contributed by atoms with Crippen LogP contribution < -0.4 is 5.30 Å². The van der Waals surface area contributed by atoms with Gasteiger partial charge in [0.25, 0.3) is 0 Å². The number of benzene rings is 1. The van der Waals surface area contributed by atoms with Crippen LogP contribution in [0.3, 0.4) is 0 Å². The molecule has 0 unspecified atom stereocenters. The van der Waals surface area contributed by atoms with E-state index in [1.807, 2.05) is 0 Å². The largest absolute Gasteiger partial charge is 0.107 e. The number of hydrogen-bond acceptors (Lipinski definition) is 0. The van der Waals surface area contributed by atoms with Gasteiger partial charge in [0.05, 0.1) is 0 Å². The zero-order chi connectivity index (χ0) is 25.5. The van der Waals surface area contributed by atoms with Gasteiger partial charge in [-0.15, -0.1) is 24.0 Å². The van der Waals surface area contributed by atoms with Gasteiger partial charge >= 0.3 is 223 Å². The Morgan fingerprint density at radius 1 is 0.417 bits per heavy atom. The molecule has 0 N–H and O–H groups in total. The molecule has 1 aromatic carbocycles. The van der Waals surface area contributed by atoms with Crippen LogP contribution in [-0.2, 0) is 0 Å². The molecular weight excluding hydrogens is 566 g/mol. The molecule has 0 aromatic heterocycles. The molecule has 0 radical (unpaired) electrons. The van der Waals surface area contributed by atoms with Crippen LogP contribution in [-0.4, -0.2) is 25.2 Å². The second-order valence-corrected chi connectivity index (χ2v) is 18.7. The Hall–Kier alpha value is 0.380. The maximum Gasteiger partial charge on any atom is -0.107 e. The summed E-state index contributed by atoms with van der Waals surface area (Å²) < 4.78 is 0. The van der Waals surface area contributed by atoms with Gasteiger partial charge in [-0.3, -0.25) is 0 Å². The summed E-state index contributed by atoms with van der Waals surface area (Å²) in [5.74, 6) is 0. The molecule has 0 amide bonds. The number of hydrogen-bond donors (Lipinski definition) is 0. The predicted octanol–water partition coefficient (Wildman–Crippen LogP) is 12.4.